The van der Waals surface area contributed by atoms with Crippen LogP contribution in [-0.2, 0) is 19.6 Å². The normalized spacial score (nSPS) is 11.2. The highest BCUT2D eigenvalue weighted by molar-refractivity contribution is 7.92. The van der Waals surface area contributed by atoms with E-state index in [1.54, 1.807) is 49.6 Å². The van der Waals surface area contributed by atoms with Gasteiger partial charge >= 0.3 is 0 Å². The molecule has 4 N–H and O–H groups in total. The lowest BCUT2D eigenvalue weighted by molar-refractivity contribution is -0.115. The molecule has 0 unspecified atom stereocenters. The van der Waals surface area contributed by atoms with Gasteiger partial charge < -0.3 is 30.2 Å². The van der Waals surface area contributed by atoms with Crippen molar-refractivity contribution in [2.24, 2.45) is 0 Å². The van der Waals surface area contributed by atoms with E-state index in [0.29, 0.717) is 47.1 Å². The number of sulfonamides is 1. The first kappa shape index (κ1) is 28.5. The summed E-state index contributed by atoms with van der Waals surface area (Å²) in [7, 11) is 0.500. The van der Waals surface area contributed by atoms with Crippen LogP contribution < -0.4 is 30.1 Å². The Morgan fingerprint density at radius 2 is 1.50 bits per heavy atom. The highest BCUT2D eigenvalue weighted by Crippen LogP contribution is 2.31. The molecule has 1 aromatic heterocycles. The molecule has 40 heavy (non-hydrogen) atoms. The maximum absolute atomic E-state index is 13.4. The molecule has 0 aliphatic heterocycles. The van der Waals surface area contributed by atoms with Gasteiger partial charge in [-0.15, -0.1) is 0 Å². The predicted molar refractivity (Wildman–Crippen MR) is 153 cm³/mol. The number of carbonyl (C=O) groups is 1. The first-order valence-electron chi connectivity index (χ1n) is 12.2. The fourth-order valence-electron chi connectivity index (χ4n) is 3.68. The van der Waals surface area contributed by atoms with Crippen molar-refractivity contribution in [2.45, 2.75) is 4.90 Å². The molecule has 0 saturated heterocycles. The number of methoxy groups -OCH3 is 3. The zero-order valence-corrected chi connectivity index (χ0v) is 23.0. The number of fused-ring (bicyclic) bond motifs is 1. The van der Waals surface area contributed by atoms with Crippen LogP contribution in [0.3, 0.4) is 0 Å². The number of para-hydroxylation sites is 2. The molecule has 12 nitrogen and oxygen atoms in total. The highest BCUT2D eigenvalue weighted by Gasteiger charge is 2.20. The van der Waals surface area contributed by atoms with E-state index in [1.165, 1.54) is 32.4 Å². The predicted octanol–water partition coefficient (Wildman–Crippen LogP) is 3.37. The molecule has 0 aliphatic rings. The van der Waals surface area contributed by atoms with Crippen LogP contribution in [0.4, 0.5) is 23.0 Å². The lowest BCUT2D eigenvalue weighted by atomic mass is 10.2. The van der Waals surface area contributed by atoms with Crippen molar-refractivity contribution in [3.8, 4) is 11.5 Å². The number of nitrogens with zero attached hydrogens (tertiary/aromatic N) is 2. The molecule has 0 aliphatic carbocycles. The van der Waals surface area contributed by atoms with Gasteiger partial charge in [0, 0.05) is 43.2 Å². The molecule has 210 valence electrons. The van der Waals surface area contributed by atoms with Crippen LogP contribution in [0.2, 0.25) is 0 Å². The Morgan fingerprint density at radius 1 is 0.825 bits per heavy atom. The molecule has 13 heteroatoms. The minimum absolute atomic E-state index is 0.0164. The number of amides is 1. The summed E-state index contributed by atoms with van der Waals surface area (Å²) < 4.78 is 45.0. The van der Waals surface area contributed by atoms with Crippen LogP contribution in [0.15, 0.2) is 71.6 Å². The Balaban J connectivity index is 1.62. The van der Waals surface area contributed by atoms with Crippen LogP contribution in [0.5, 0.6) is 11.5 Å². The van der Waals surface area contributed by atoms with E-state index in [2.05, 4.69) is 30.6 Å². The van der Waals surface area contributed by atoms with Gasteiger partial charge in [0.15, 0.2) is 11.6 Å². The molecule has 4 rings (SSSR count). The summed E-state index contributed by atoms with van der Waals surface area (Å²) in [6.07, 6.45) is 0. The Bertz CT molecular complexity index is 1580. The zero-order valence-electron chi connectivity index (χ0n) is 22.2. The third-order valence-electron chi connectivity index (χ3n) is 5.61. The number of nitrogens with one attached hydrogen (secondary N) is 4. The Kier molecular flexibility index (Phi) is 9.32. The molecular formula is C27H30N6O6S. The summed E-state index contributed by atoms with van der Waals surface area (Å²) in [5.74, 6) is 0.900. The fourth-order valence-corrected chi connectivity index (χ4v) is 4.74. The van der Waals surface area contributed by atoms with Gasteiger partial charge in [0.2, 0.25) is 5.91 Å². The van der Waals surface area contributed by atoms with E-state index in [4.69, 9.17) is 14.2 Å². The van der Waals surface area contributed by atoms with E-state index < -0.39 is 10.0 Å². The SMILES string of the molecule is COCCNCC(=O)Nc1cccc(S(=O)(=O)Nc2nc3ccccc3nc2Nc2cc(OC)cc(OC)c2)c1. The van der Waals surface area contributed by atoms with Gasteiger partial charge in [-0.1, -0.05) is 18.2 Å². The Morgan fingerprint density at radius 3 is 2.15 bits per heavy atom. The maximum atomic E-state index is 13.4. The van der Waals surface area contributed by atoms with Crippen LogP contribution in [0.25, 0.3) is 11.0 Å². The molecule has 0 spiro atoms. The fraction of sp³-hybridized carbons (Fsp3) is 0.222. The number of hydrogen-bond donors (Lipinski definition) is 4. The maximum Gasteiger partial charge on any atom is 0.263 e. The Hall–Kier alpha value is -4.46. The van der Waals surface area contributed by atoms with Crippen LogP contribution in [-0.4, -0.2) is 65.3 Å². The van der Waals surface area contributed by atoms with E-state index in [9.17, 15) is 13.2 Å². The van der Waals surface area contributed by atoms with E-state index in [-0.39, 0.29) is 29.0 Å². The molecule has 0 radical (unpaired) electrons. The van der Waals surface area contributed by atoms with Gasteiger partial charge in [0.25, 0.3) is 10.0 Å². The van der Waals surface area contributed by atoms with Crippen molar-refractivity contribution in [1.29, 1.82) is 0 Å². The average Bonchev–Trinajstić information content (AvgIpc) is 2.95. The van der Waals surface area contributed by atoms with E-state index in [0.717, 1.165) is 0 Å². The lowest BCUT2D eigenvalue weighted by Crippen LogP contribution is -2.30. The summed E-state index contributed by atoms with van der Waals surface area (Å²) in [5, 5.41) is 8.74. The number of benzene rings is 3. The molecule has 1 heterocycles. The smallest absolute Gasteiger partial charge is 0.263 e. The van der Waals surface area contributed by atoms with Crippen LogP contribution >= 0.6 is 0 Å². The first-order valence-corrected chi connectivity index (χ1v) is 13.7. The van der Waals surface area contributed by atoms with Gasteiger partial charge in [0.1, 0.15) is 11.5 Å². The van der Waals surface area contributed by atoms with Crippen molar-refractivity contribution in [3.05, 3.63) is 66.7 Å². The second kappa shape index (κ2) is 13.1. The summed E-state index contributed by atoms with van der Waals surface area (Å²) in [6.45, 7) is 1.02. The number of aromatic nitrogens is 2. The van der Waals surface area contributed by atoms with Crippen molar-refractivity contribution in [3.63, 3.8) is 0 Å². The number of rotatable bonds is 13. The largest absolute Gasteiger partial charge is 0.497 e. The van der Waals surface area contributed by atoms with Crippen molar-refractivity contribution >= 4 is 50.0 Å². The first-order chi connectivity index (χ1) is 19.3. The van der Waals surface area contributed by atoms with Crippen LogP contribution in [0, 0.1) is 0 Å². The Labute approximate surface area is 232 Å². The van der Waals surface area contributed by atoms with E-state index in [1.807, 2.05) is 6.07 Å². The van der Waals surface area contributed by atoms with Gasteiger partial charge in [0.05, 0.1) is 43.3 Å². The minimum Gasteiger partial charge on any atom is -0.497 e. The monoisotopic (exact) mass is 566 g/mol. The third-order valence-corrected chi connectivity index (χ3v) is 6.95. The average molecular weight is 567 g/mol. The second-order valence-electron chi connectivity index (χ2n) is 8.49. The van der Waals surface area contributed by atoms with Gasteiger partial charge in [-0.3, -0.25) is 9.52 Å². The minimum atomic E-state index is -4.13. The zero-order chi connectivity index (χ0) is 28.5. The molecule has 4 aromatic rings. The molecule has 0 atom stereocenters. The highest BCUT2D eigenvalue weighted by atomic mass is 32.2. The summed E-state index contributed by atoms with van der Waals surface area (Å²) in [5.41, 5.74) is 1.93. The van der Waals surface area contributed by atoms with Gasteiger partial charge in [-0.25, -0.2) is 18.4 Å². The number of ether oxygens (including phenoxy) is 3. The summed E-state index contributed by atoms with van der Waals surface area (Å²) in [4.78, 5) is 21.3. The van der Waals surface area contributed by atoms with Crippen molar-refractivity contribution < 1.29 is 27.4 Å². The van der Waals surface area contributed by atoms with Gasteiger partial charge in [-0.2, -0.15) is 0 Å². The summed E-state index contributed by atoms with van der Waals surface area (Å²) in [6, 6.07) is 18.2. The molecule has 0 fully saturated rings. The number of anilines is 4. The lowest BCUT2D eigenvalue weighted by Gasteiger charge is -2.15. The molecule has 0 saturated carbocycles. The third kappa shape index (κ3) is 7.34. The van der Waals surface area contributed by atoms with Gasteiger partial charge in [-0.05, 0) is 30.3 Å². The second-order valence-corrected chi connectivity index (χ2v) is 10.2. The van der Waals surface area contributed by atoms with E-state index >= 15 is 0 Å². The van der Waals surface area contributed by atoms with Crippen LogP contribution in [0.1, 0.15) is 0 Å². The molecule has 3 aromatic carbocycles. The topological polar surface area (TPSA) is 153 Å². The standard InChI is InChI=1S/C27H30N6O6S/c1-37-12-11-28-17-25(34)29-18-7-6-8-22(15-18)40(35,36)33-27-26(31-23-9-4-5-10-24(23)32-27)30-19-13-20(38-2)16-21(14-19)39-3/h4-10,13-16,28H,11-12,17H2,1-3H3,(H,29,34)(H,30,31)(H,32,33). The molecule has 0 bridgehead atoms. The molecule has 1 amide bonds. The van der Waals surface area contributed by atoms with Crippen molar-refractivity contribution in [2.75, 3.05) is 56.4 Å². The molecular weight excluding hydrogens is 536 g/mol. The summed E-state index contributed by atoms with van der Waals surface area (Å²) >= 11 is 0. The number of hydrogen-bond acceptors (Lipinski definition) is 10. The quantitative estimate of drug-likeness (QED) is 0.177. The van der Waals surface area contributed by atoms with Crippen molar-refractivity contribution in [1.82, 2.24) is 15.3 Å². The number of carbonyl (C=O) groups excluding carboxylic acids is 1.